The molecular formula is C18H28ClNO. The van der Waals surface area contributed by atoms with Crippen molar-refractivity contribution in [2.75, 3.05) is 32.8 Å². The van der Waals surface area contributed by atoms with Gasteiger partial charge in [0.1, 0.15) is 0 Å². The highest BCUT2D eigenvalue weighted by Crippen LogP contribution is 2.42. The average molecular weight is 310 g/mol. The van der Waals surface area contributed by atoms with Crippen LogP contribution in [-0.2, 0) is 10.2 Å². The highest BCUT2D eigenvalue weighted by Gasteiger charge is 2.33. The summed E-state index contributed by atoms with van der Waals surface area (Å²) in [4.78, 5) is 2.59. The molecule has 2 aliphatic rings. The lowest BCUT2D eigenvalue weighted by Crippen LogP contribution is -2.40. The van der Waals surface area contributed by atoms with E-state index < -0.39 is 0 Å². The van der Waals surface area contributed by atoms with Gasteiger partial charge in [0.2, 0.25) is 0 Å². The Morgan fingerprint density at radius 3 is 2.29 bits per heavy atom. The Hall–Kier alpha value is -0.570. The molecule has 1 aromatic rings. The Kier molecular flexibility index (Phi) is 6.53. The molecule has 0 aromatic heterocycles. The molecule has 1 heterocycles. The summed E-state index contributed by atoms with van der Waals surface area (Å²) in [6.07, 6.45) is 8.29. The summed E-state index contributed by atoms with van der Waals surface area (Å²) >= 11 is 0. The van der Waals surface area contributed by atoms with E-state index >= 15 is 0 Å². The van der Waals surface area contributed by atoms with Crippen molar-refractivity contribution >= 4 is 12.4 Å². The first-order valence-electron chi connectivity index (χ1n) is 8.25. The van der Waals surface area contributed by atoms with Gasteiger partial charge < -0.3 is 4.74 Å². The zero-order valence-corrected chi connectivity index (χ0v) is 13.7. The fraction of sp³-hybridized carbons (Fsp3) is 0.667. The van der Waals surface area contributed by atoms with Crippen LogP contribution in [0.5, 0.6) is 0 Å². The van der Waals surface area contributed by atoms with Gasteiger partial charge in [-0.2, -0.15) is 0 Å². The van der Waals surface area contributed by atoms with Gasteiger partial charge in [-0.15, -0.1) is 12.4 Å². The molecule has 0 amide bonds. The number of hydrogen-bond donors (Lipinski definition) is 0. The number of hydrogen-bond acceptors (Lipinski definition) is 2. The fourth-order valence-electron chi connectivity index (χ4n) is 3.90. The highest BCUT2D eigenvalue weighted by atomic mass is 35.5. The second-order valence-corrected chi connectivity index (χ2v) is 6.41. The Morgan fingerprint density at radius 1 is 0.952 bits per heavy atom. The molecule has 0 spiro atoms. The lowest BCUT2D eigenvalue weighted by atomic mass is 9.67. The monoisotopic (exact) mass is 309 g/mol. The van der Waals surface area contributed by atoms with Crippen molar-refractivity contribution in [1.29, 1.82) is 0 Å². The third kappa shape index (κ3) is 4.21. The second-order valence-electron chi connectivity index (χ2n) is 6.41. The predicted molar refractivity (Wildman–Crippen MR) is 90.3 cm³/mol. The lowest BCUT2D eigenvalue weighted by molar-refractivity contribution is 0.0329. The molecule has 0 atom stereocenters. The van der Waals surface area contributed by atoms with Crippen molar-refractivity contribution in [3.8, 4) is 0 Å². The topological polar surface area (TPSA) is 12.5 Å². The van der Waals surface area contributed by atoms with E-state index in [-0.39, 0.29) is 12.4 Å². The molecule has 1 aliphatic carbocycles. The van der Waals surface area contributed by atoms with Gasteiger partial charge in [-0.25, -0.2) is 0 Å². The Morgan fingerprint density at radius 2 is 1.62 bits per heavy atom. The van der Waals surface area contributed by atoms with Gasteiger partial charge in [0.15, 0.2) is 0 Å². The van der Waals surface area contributed by atoms with Gasteiger partial charge in [0.25, 0.3) is 0 Å². The predicted octanol–water partition coefficient (Wildman–Crippen LogP) is 4.03. The van der Waals surface area contributed by atoms with Crippen LogP contribution in [0.25, 0.3) is 0 Å². The minimum atomic E-state index is 0. The number of benzene rings is 1. The van der Waals surface area contributed by atoms with Gasteiger partial charge in [-0.3, -0.25) is 4.90 Å². The van der Waals surface area contributed by atoms with Gasteiger partial charge >= 0.3 is 0 Å². The SMILES string of the molecule is Cl.c1ccc(C2(CCN3CCOCC3)CCCCC2)cc1. The first-order valence-corrected chi connectivity index (χ1v) is 8.25. The molecule has 2 fully saturated rings. The third-order valence-corrected chi connectivity index (χ3v) is 5.21. The van der Waals surface area contributed by atoms with Gasteiger partial charge in [0.05, 0.1) is 13.2 Å². The summed E-state index contributed by atoms with van der Waals surface area (Å²) in [6.45, 7) is 5.30. The zero-order chi connectivity index (χ0) is 13.7. The minimum absolute atomic E-state index is 0. The fourth-order valence-corrected chi connectivity index (χ4v) is 3.90. The molecule has 1 aromatic carbocycles. The molecule has 3 rings (SSSR count). The average Bonchev–Trinajstić information content (AvgIpc) is 2.56. The summed E-state index contributed by atoms with van der Waals surface area (Å²) in [6, 6.07) is 11.3. The van der Waals surface area contributed by atoms with E-state index in [0.29, 0.717) is 5.41 Å². The molecule has 1 saturated carbocycles. The molecule has 118 valence electrons. The van der Waals surface area contributed by atoms with E-state index in [0.717, 1.165) is 26.3 Å². The molecule has 0 unspecified atom stereocenters. The van der Waals surface area contributed by atoms with Crippen molar-refractivity contribution in [3.63, 3.8) is 0 Å². The largest absolute Gasteiger partial charge is 0.379 e. The Labute approximate surface area is 135 Å². The number of ether oxygens (including phenoxy) is 1. The van der Waals surface area contributed by atoms with Crippen LogP contribution in [0.15, 0.2) is 30.3 Å². The van der Waals surface area contributed by atoms with Gasteiger partial charge in [-0.05, 0) is 36.8 Å². The van der Waals surface area contributed by atoms with Crippen molar-refractivity contribution in [3.05, 3.63) is 35.9 Å². The highest BCUT2D eigenvalue weighted by molar-refractivity contribution is 5.85. The number of morpholine rings is 1. The van der Waals surface area contributed by atoms with Crippen LogP contribution in [-0.4, -0.2) is 37.7 Å². The van der Waals surface area contributed by atoms with Crippen LogP contribution in [0.1, 0.15) is 44.1 Å². The molecule has 21 heavy (non-hydrogen) atoms. The summed E-state index contributed by atoms with van der Waals surface area (Å²) in [7, 11) is 0. The van der Waals surface area contributed by atoms with E-state index in [1.54, 1.807) is 5.56 Å². The summed E-state index contributed by atoms with van der Waals surface area (Å²) < 4.78 is 5.46. The minimum Gasteiger partial charge on any atom is -0.379 e. The molecule has 0 bridgehead atoms. The van der Waals surface area contributed by atoms with E-state index in [1.165, 1.54) is 45.1 Å². The molecule has 0 radical (unpaired) electrons. The van der Waals surface area contributed by atoms with Gasteiger partial charge in [-0.1, -0.05) is 49.6 Å². The molecule has 1 saturated heterocycles. The van der Waals surface area contributed by atoms with Crippen LogP contribution in [0.2, 0.25) is 0 Å². The van der Waals surface area contributed by atoms with Crippen molar-refractivity contribution in [2.24, 2.45) is 0 Å². The van der Waals surface area contributed by atoms with E-state index in [1.807, 2.05) is 0 Å². The van der Waals surface area contributed by atoms with Crippen molar-refractivity contribution in [1.82, 2.24) is 4.90 Å². The van der Waals surface area contributed by atoms with Gasteiger partial charge in [0, 0.05) is 13.1 Å². The smallest absolute Gasteiger partial charge is 0.0594 e. The first kappa shape index (κ1) is 16.8. The summed E-state index contributed by atoms with van der Waals surface area (Å²) in [5, 5.41) is 0. The van der Waals surface area contributed by atoms with Crippen LogP contribution >= 0.6 is 12.4 Å². The summed E-state index contributed by atoms with van der Waals surface area (Å²) in [5.41, 5.74) is 2.02. The summed E-state index contributed by atoms with van der Waals surface area (Å²) in [5.74, 6) is 0. The molecule has 0 N–H and O–H groups in total. The molecular weight excluding hydrogens is 282 g/mol. The standard InChI is InChI=1S/C18H27NO.ClH/c1-3-7-17(8-4-1)18(9-5-2-6-10-18)11-12-19-13-15-20-16-14-19;/h1,3-4,7-8H,2,5-6,9-16H2;1H. The molecule has 2 nitrogen and oxygen atoms in total. The van der Waals surface area contributed by atoms with E-state index in [4.69, 9.17) is 4.74 Å². The quantitative estimate of drug-likeness (QED) is 0.832. The first-order chi connectivity index (χ1) is 9.89. The van der Waals surface area contributed by atoms with Crippen LogP contribution in [0, 0.1) is 0 Å². The molecule has 3 heteroatoms. The lowest BCUT2D eigenvalue weighted by Gasteiger charge is -2.40. The van der Waals surface area contributed by atoms with Crippen molar-refractivity contribution < 1.29 is 4.74 Å². The van der Waals surface area contributed by atoms with E-state index in [2.05, 4.69) is 35.2 Å². The normalized spacial score (nSPS) is 22.5. The second kappa shape index (κ2) is 8.17. The third-order valence-electron chi connectivity index (χ3n) is 5.21. The zero-order valence-electron chi connectivity index (χ0n) is 12.9. The van der Waals surface area contributed by atoms with Crippen LogP contribution in [0.3, 0.4) is 0 Å². The van der Waals surface area contributed by atoms with Crippen molar-refractivity contribution in [2.45, 2.75) is 43.9 Å². The number of rotatable bonds is 4. The maximum absolute atomic E-state index is 5.46. The van der Waals surface area contributed by atoms with E-state index in [9.17, 15) is 0 Å². The number of halogens is 1. The Bertz CT molecular complexity index is 397. The molecule has 1 aliphatic heterocycles. The maximum atomic E-state index is 5.46. The maximum Gasteiger partial charge on any atom is 0.0594 e. The Balaban J connectivity index is 0.00000161. The van der Waals surface area contributed by atoms with Crippen LogP contribution < -0.4 is 0 Å². The number of nitrogens with zero attached hydrogens (tertiary/aromatic N) is 1. The van der Waals surface area contributed by atoms with Crippen LogP contribution in [0.4, 0.5) is 0 Å².